The lowest BCUT2D eigenvalue weighted by Crippen LogP contribution is -2.28. The van der Waals surface area contributed by atoms with Crippen molar-refractivity contribution in [3.8, 4) is 34.5 Å². The minimum absolute atomic E-state index is 0.149. The van der Waals surface area contributed by atoms with Crippen molar-refractivity contribution in [3.05, 3.63) is 0 Å². The SMILES string of the molecule is C1CCC(Oc2c(OC3CCCCC3)c(OC3CCCCC3)c(OC3CCCCC3)c(OC3CCCCC3)c2OC2CCCCC2)CC1. The highest BCUT2D eigenvalue weighted by atomic mass is 16.6. The molecule has 6 heteroatoms. The van der Waals surface area contributed by atoms with Crippen molar-refractivity contribution in [1.29, 1.82) is 0 Å². The molecular formula is C42H66O6. The lowest BCUT2D eigenvalue weighted by molar-refractivity contribution is 0.0734. The van der Waals surface area contributed by atoms with Gasteiger partial charge in [0.25, 0.3) is 0 Å². The lowest BCUT2D eigenvalue weighted by Gasteiger charge is -2.36. The smallest absolute Gasteiger partial charge is 0.212 e. The Morgan fingerprint density at radius 1 is 0.188 bits per heavy atom. The first-order valence-corrected chi connectivity index (χ1v) is 21.0. The van der Waals surface area contributed by atoms with E-state index in [0.29, 0.717) is 0 Å². The molecule has 270 valence electrons. The Kier molecular flexibility index (Phi) is 12.8. The first kappa shape index (κ1) is 34.5. The van der Waals surface area contributed by atoms with Crippen LogP contribution in [0.1, 0.15) is 193 Å². The van der Waals surface area contributed by atoms with E-state index in [-0.39, 0.29) is 36.6 Å². The van der Waals surface area contributed by atoms with E-state index in [2.05, 4.69) is 0 Å². The summed E-state index contributed by atoms with van der Waals surface area (Å²) in [7, 11) is 0. The lowest BCUT2D eigenvalue weighted by atomic mass is 9.96. The van der Waals surface area contributed by atoms with Crippen molar-refractivity contribution in [1.82, 2.24) is 0 Å². The van der Waals surface area contributed by atoms with Gasteiger partial charge in [0.2, 0.25) is 34.5 Å². The van der Waals surface area contributed by atoms with E-state index in [4.69, 9.17) is 28.4 Å². The highest BCUT2D eigenvalue weighted by molar-refractivity contribution is 5.74. The molecule has 0 spiro atoms. The van der Waals surface area contributed by atoms with Crippen molar-refractivity contribution in [2.75, 3.05) is 0 Å². The van der Waals surface area contributed by atoms with Crippen molar-refractivity contribution in [3.63, 3.8) is 0 Å². The van der Waals surface area contributed by atoms with Crippen LogP contribution in [0.25, 0.3) is 0 Å². The predicted molar refractivity (Wildman–Crippen MR) is 191 cm³/mol. The van der Waals surface area contributed by atoms with E-state index >= 15 is 0 Å². The molecule has 0 aliphatic heterocycles. The first-order chi connectivity index (χ1) is 23.8. The van der Waals surface area contributed by atoms with Gasteiger partial charge in [0, 0.05) is 0 Å². The van der Waals surface area contributed by atoms with Crippen molar-refractivity contribution < 1.29 is 28.4 Å². The third-order valence-corrected chi connectivity index (χ3v) is 12.3. The van der Waals surface area contributed by atoms with E-state index in [1.165, 1.54) is 116 Å². The quantitative estimate of drug-likeness (QED) is 0.221. The molecule has 0 bridgehead atoms. The van der Waals surface area contributed by atoms with Gasteiger partial charge in [-0.1, -0.05) is 38.5 Å². The van der Waals surface area contributed by atoms with Gasteiger partial charge in [-0.25, -0.2) is 0 Å². The maximum atomic E-state index is 7.24. The minimum Gasteiger partial charge on any atom is -0.483 e. The molecule has 0 N–H and O–H groups in total. The maximum absolute atomic E-state index is 7.24. The minimum atomic E-state index is 0.149. The van der Waals surface area contributed by atoms with Gasteiger partial charge in [-0.2, -0.15) is 0 Å². The maximum Gasteiger partial charge on any atom is 0.212 e. The molecule has 0 aromatic heterocycles. The first-order valence-electron chi connectivity index (χ1n) is 21.0. The van der Waals surface area contributed by atoms with Crippen LogP contribution in [0.3, 0.4) is 0 Å². The van der Waals surface area contributed by atoms with Crippen LogP contribution >= 0.6 is 0 Å². The zero-order valence-electron chi connectivity index (χ0n) is 30.1. The van der Waals surface area contributed by atoms with Crippen LogP contribution in [0.5, 0.6) is 34.5 Å². The molecule has 0 saturated heterocycles. The van der Waals surface area contributed by atoms with Crippen LogP contribution in [0.4, 0.5) is 0 Å². The highest BCUT2D eigenvalue weighted by Gasteiger charge is 2.39. The summed E-state index contributed by atoms with van der Waals surface area (Å²) < 4.78 is 43.4. The van der Waals surface area contributed by atoms with Gasteiger partial charge < -0.3 is 28.4 Å². The Hall–Kier alpha value is -1.98. The Labute approximate surface area is 291 Å². The number of hydrogen-bond acceptors (Lipinski definition) is 6. The molecule has 0 radical (unpaired) electrons. The largest absolute Gasteiger partial charge is 0.483 e. The summed E-state index contributed by atoms with van der Waals surface area (Å²) in [6, 6.07) is 0. The molecule has 0 amide bonds. The molecule has 7 rings (SSSR count). The standard InChI is InChI=1S/C42H66O6/c1-7-19-31(20-8-1)43-37-38(44-32-21-9-2-10-22-32)40(46-34-25-13-4-14-26-34)42(48-36-29-17-6-18-30-36)41(47-35-27-15-5-16-28-35)39(37)45-33-23-11-3-12-24-33/h31-36H,1-30H2. The topological polar surface area (TPSA) is 55.4 Å². The van der Waals surface area contributed by atoms with Crippen LogP contribution in [0, 0.1) is 0 Å². The average Bonchev–Trinajstić information content (AvgIpc) is 3.15. The van der Waals surface area contributed by atoms with E-state index in [9.17, 15) is 0 Å². The van der Waals surface area contributed by atoms with Crippen molar-refractivity contribution in [2.24, 2.45) is 0 Å². The van der Waals surface area contributed by atoms with Gasteiger partial charge in [-0.05, 0) is 154 Å². The highest BCUT2D eigenvalue weighted by Crippen LogP contribution is 2.61. The van der Waals surface area contributed by atoms with Gasteiger partial charge in [-0.15, -0.1) is 0 Å². The second-order valence-electron chi connectivity index (χ2n) is 16.2. The Bertz CT molecular complexity index is 855. The molecule has 6 saturated carbocycles. The fraction of sp³-hybridized carbons (Fsp3) is 0.857. The van der Waals surface area contributed by atoms with Gasteiger partial charge in [0.05, 0.1) is 36.6 Å². The van der Waals surface area contributed by atoms with Crippen LogP contribution < -0.4 is 28.4 Å². The zero-order chi connectivity index (χ0) is 32.4. The third-order valence-electron chi connectivity index (χ3n) is 12.3. The van der Waals surface area contributed by atoms with Crippen molar-refractivity contribution in [2.45, 2.75) is 229 Å². The van der Waals surface area contributed by atoms with Gasteiger partial charge in [-0.3, -0.25) is 0 Å². The zero-order valence-corrected chi connectivity index (χ0v) is 30.1. The fourth-order valence-electron chi connectivity index (χ4n) is 9.36. The average molecular weight is 667 g/mol. The van der Waals surface area contributed by atoms with Crippen molar-refractivity contribution >= 4 is 0 Å². The molecule has 6 fully saturated rings. The second kappa shape index (κ2) is 17.8. The van der Waals surface area contributed by atoms with E-state index in [0.717, 1.165) is 112 Å². The monoisotopic (exact) mass is 666 g/mol. The molecule has 6 aliphatic rings. The van der Waals surface area contributed by atoms with Crippen LogP contribution in [-0.2, 0) is 0 Å². The Morgan fingerprint density at radius 3 is 0.438 bits per heavy atom. The van der Waals surface area contributed by atoms with Gasteiger partial charge >= 0.3 is 0 Å². The molecule has 1 aromatic rings. The number of rotatable bonds is 12. The summed E-state index contributed by atoms with van der Waals surface area (Å²) in [5.41, 5.74) is 0. The Morgan fingerprint density at radius 2 is 0.312 bits per heavy atom. The number of ether oxygens (including phenoxy) is 6. The summed E-state index contributed by atoms with van der Waals surface area (Å²) in [6.45, 7) is 0. The molecule has 48 heavy (non-hydrogen) atoms. The molecule has 0 atom stereocenters. The predicted octanol–water partition coefficient (Wildman–Crippen LogP) is 12.0. The normalized spacial score (nSPS) is 25.0. The summed E-state index contributed by atoms with van der Waals surface area (Å²) in [4.78, 5) is 0. The van der Waals surface area contributed by atoms with E-state index in [1.54, 1.807) is 0 Å². The molecule has 6 nitrogen and oxygen atoms in total. The second-order valence-corrected chi connectivity index (χ2v) is 16.2. The summed E-state index contributed by atoms with van der Waals surface area (Å²) in [6.07, 6.45) is 36.0. The van der Waals surface area contributed by atoms with Crippen LogP contribution in [0.15, 0.2) is 0 Å². The molecular weight excluding hydrogens is 600 g/mol. The van der Waals surface area contributed by atoms with Gasteiger partial charge in [0.15, 0.2) is 0 Å². The third kappa shape index (κ3) is 9.22. The summed E-state index contributed by atoms with van der Waals surface area (Å²) in [5.74, 6) is 4.53. The van der Waals surface area contributed by atoms with Crippen LogP contribution in [0.2, 0.25) is 0 Å². The van der Waals surface area contributed by atoms with Crippen LogP contribution in [-0.4, -0.2) is 36.6 Å². The van der Waals surface area contributed by atoms with E-state index in [1.807, 2.05) is 0 Å². The fourth-order valence-corrected chi connectivity index (χ4v) is 9.36. The summed E-state index contributed by atoms with van der Waals surface area (Å²) in [5, 5.41) is 0. The molecule has 1 aromatic carbocycles. The number of hydrogen-bond donors (Lipinski definition) is 0. The number of benzene rings is 1. The molecule has 0 heterocycles. The summed E-state index contributed by atoms with van der Waals surface area (Å²) >= 11 is 0. The molecule has 0 unspecified atom stereocenters. The van der Waals surface area contributed by atoms with E-state index < -0.39 is 0 Å². The Balaban J connectivity index is 1.39. The molecule has 6 aliphatic carbocycles. The van der Waals surface area contributed by atoms with Gasteiger partial charge in [0.1, 0.15) is 0 Å².